The zero-order valence-electron chi connectivity index (χ0n) is 11.2. The van der Waals surface area contributed by atoms with Crippen molar-refractivity contribution in [2.75, 3.05) is 0 Å². The van der Waals surface area contributed by atoms with E-state index in [4.69, 9.17) is 0 Å². The van der Waals surface area contributed by atoms with Crippen molar-refractivity contribution in [3.8, 4) is 0 Å². The highest BCUT2D eigenvalue weighted by Crippen LogP contribution is 2.26. The van der Waals surface area contributed by atoms with Crippen LogP contribution in [0.5, 0.6) is 0 Å². The lowest BCUT2D eigenvalue weighted by Gasteiger charge is -2.15. The summed E-state index contributed by atoms with van der Waals surface area (Å²) < 4.78 is 0. The molecule has 1 heteroatoms. The molecule has 0 atom stereocenters. The highest BCUT2D eigenvalue weighted by atomic mass is 14.7. The van der Waals surface area contributed by atoms with Gasteiger partial charge in [0.05, 0.1) is 5.69 Å². The topological polar surface area (TPSA) is 12.9 Å². The minimum absolute atomic E-state index is 1.12. The van der Waals surface area contributed by atoms with Gasteiger partial charge in [0.2, 0.25) is 0 Å². The first-order valence-electron chi connectivity index (χ1n) is 6.41. The quantitative estimate of drug-likeness (QED) is 0.606. The molecule has 0 aliphatic heterocycles. The van der Waals surface area contributed by atoms with Crippen molar-refractivity contribution in [2.45, 2.75) is 53.4 Å². The van der Waals surface area contributed by atoms with Gasteiger partial charge in [-0.3, -0.25) is 4.98 Å². The second-order valence-corrected chi connectivity index (χ2v) is 3.68. The number of aryl methyl sites for hydroxylation is 1. The van der Waals surface area contributed by atoms with Gasteiger partial charge in [0.25, 0.3) is 0 Å². The van der Waals surface area contributed by atoms with Crippen LogP contribution in [0.4, 0.5) is 0 Å². The van der Waals surface area contributed by atoms with E-state index in [1.807, 2.05) is 26.1 Å². The number of aromatic nitrogens is 1. The van der Waals surface area contributed by atoms with Crippen LogP contribution in [0.15, 0.2) is 24.9 Å². The molecule has 1 aromatic heterocycles. The molecule has 1 aliphatic rings. The molecule has 0 fully saturated rings. The Labute approximate surface area is 101 Å². The van der Waals surface area contributed by atoms with E-state index in [1.54, 1.807) is 0 Å². The predicted molar refractivity (Wildman–Crippen MR) is 73.5 cm³/mol. The zero-order chi connectivity index (χ0) is 12.4. The number of hydrogen-bond acceptors (Lipinski definition) is 1. The minimum Gasteiger partial charge on any atom is -0.256 e. The smallest absolute Gasteiger partial charge is 0.0687 e. The molecule has 0 saturated carbocycles. The molecular formula is C15H25N. The Morgan fingerprint density at radius 2 is 1.88 bits per heavy atom. The number of allylic oxidation sites excluding steroid dienone is 1. The largest absolute Gasteiger partial charge is 0.256 e. The number of rotatable bonds is 0. The van der Waals surface area contributed by atoms with E-state index in [-0.39, 0.29) is 0 Å². The number of hydrogen-bond donors (Lipinski definition) is 0. The third-order valence-electron chi connectivity index (χ3n) is 2.15. The van der Waals surface area contributed by atoms with E-state index in [2.05, 4.69) is 31.5 Å². The lowest BCUT2D eigenvalue weighted by Crippen LogP contribution is -2.02. The summed E-state index contributed by atoms with van der Waals surface area (Å²) in [4.78, 5) is 4.30. The summed E-state index contributed by atoms with van der Waals surface area (Å²) in [6, 6.07) is 4.14. The average Bonchev–Trinajstić information content (AvgIpc) is 2.33. The van der Waals surface area contributed by atoms with E-state index >= 15 is 0 Å². The van der Waals surface area contributed by atoms with Gasteiger partial charge in [-0.25, -0.2) is 0 Å². The van der Waals surface area contributed by atoms with E-state index in [9.17, 15) is 0 Å². The maximum Gasteiger partial charge on any atom is 0.0687 e. The van der Waals surface area contributed by atoms with Crippen LogP contribution in [0.2, 0.25) is 0 Å². The molecule has 1 heterocycles. The lowest BCUT2D eigenvalue weighted by molar-refractivity contribution is 0.810. The first kappa shape index (κ1) is 14.9. The molecular weight excluding hydrogens is 194 g/mol. The van der Waals surface area contributed by atoms with Crippen LogP contribution in [-0.2, 0) is 6.42 Å². The fraction of sp³-hybridized carbons (Fsp3) is 0.533. The first-order chi connectivity index (χ1) is 7.79. The highest BCUT2D eigenvalue weighted by Gasteiger charge is 2.11. The van der Waals surface area contributed by atoms with Crippen LogP contribution in [-0.4, -0.2) is 4.98 Å². The lowest BCUT2D eigenvalue weighted by atomic mass is 9.93. The second kappa shape index (κ2) is 9.14. The molecule has 0 N–H and O–H groups in total. The van der Waals surface area contributed by atoms with Gasteiger partial charge in [0.1, 0.15) is 0 Å². The number of fused-ring (bicyclic) bond motifs is 1. The predicted octanol–water partition coefficient (Wildman–Crippen LogP) is 4.87. The molecule has 0 unspecified atom stereocenters. The van der Waals surface area contributed by atoms with E-state index in [0.717, 1.165) is 12.1 Å². The van der Waals surface area contributed by atoms with Crippen LogP contribution in [0.25, 0.3) is 5.57 Å². The summed E-state index contributed by atoms with van der Waals surface area (Å²) in [5.74, 6) is 0. The van der Waals surface area contributed by atoms with Crippen molar-refractivity contribution in [3.63, 3.8) is 0 Å². The van der Waals surface area contributed by atoms with Gasteiger partial charge in [-0.2, -0.15) is 0 Å². The van der Waals surface area contributed by atoms with Crippen LogP contribution in [0.1, 0.15) is 58.2 Å². The van der Waals surface area contributed by atoms with Crippen molar-refractivity contribution in [3.05, 3.63) is 36.2 Å². The van der Waals surface area contributed by atoms with Gasteiger partial charge in [0, 0.05) is 6.20 Å². The van der Waals surface area contributed by atoms with Gasteiger partial charge in [-0.1, -0.05) is 46.8 Å². The van der Waals surface area contributed by atoms with E-state index in [0.29, 0.717) is 0 Å². The molecule has 2 rings (SSSR count). The maximum absolute atomic E-state index is 4.30. The normalized spacial score (nSPS) is 12.6. The molecule has 0 amide bonds. The van der Waals surface area contributed by atoms with Gasteiger partial charge in [0.15, 0.2) is 0 Å². The molecule has 0 aromatic carbocycles. The third-order valence-corrected chi connectivity index (χ3v) is 2.15. The molecule has 90 valence electrons. The molecule has 0 radical (unpaired) electrons. The van der Waals surface area contributed by atoms with Crippen molar-refractivity contribution < 1.29 is 0 Å². The van der Waals surface area contributed by atoms with Crippen molar-refractivity contribution in [1.29, 1.82) is 0 Å². The highest BCUT2D eigenvalue weighted by molar-refractivity contribution is 5.64. The molecule has 1 nitrogen and oxygen atoms in total. The molecule has 0 spiro atoms. The monoisotopic (exact) mass is 219 g/mol. The Hall–Kier alpha value is -1.11. The number of pyridine rings is 1. The van der Waals surface area contributed by atoms with E-state index in [1.165, 1.54) is 30.4 Å². The van der Waals surface area contributed by atoms with Crippen LogP contribution >= 0.6 is 0 Å². The van der Waals surface area contributed by atoms with E-state index < -0.39 is 0 Å². The van der Waals surface area contributed by atoms with Gasteiger partial charge < -0.3 is 0 Å². The Bertz CT molecular complexity index is 302. The standard InChI is InChI=1S/C10H11N.C3H8.C2H6/c1-8-4-2-5-9-6-3-7-11-10(8)9;1-3-2;1-2/h3,6-7H,1-2,4-5H2;3H2,1-2H3;1-2H3. The molecule has 1 aromatic rings. The molecule has 0 saturated heterocycles. The average molecular weight is 219 g/mol. The third kappa shape index (κ3) is 4.61. The van der Waals surface area contributed by atoms with Crippen LogP contribution < -0.4 is 0 Å². The van der Waals surface area contributed by atoms with Gasteiger partial charge in [-0.05, 0) is 36.5 Å². The Morgan fingerprint density at radius 1 is 1.25 bits per heavy atom. The van der Waals surface area contributed by atoms with Gasteiger partial charge >= 0.3 is 0 Å². The summed E-state index contributed by atoms with van der Waals surface area (Å²) in [5.41, 5.74) is 3.70. The first-order valence-corrected chi connectivity index (χ1v) is 6.41. The van der Waals surface area contributed by atoms with Crippen molar-refractivity contribution >= 4 is 5.57 Å². The Morgan fingerprint density at radius 3 is 2.44 bits per heavy atom. The summed E-state index contributed by atoms with van der Waals surface area (Å²) in [7, 11) is 0. The summed E-state index contributed by atoms with van der Waals surface area (Å²) in [5, 5.41) is 0. The molecule has 0 bridgehead atoms. The Kier molecular flexibility index (Phi) is 8.51. The maximum atomic E-state index is 4.30. The van der Waals surface area contributed by atoms with Crippen molar-refractivity contribution in [2.24, 2.45) is 0 Å². The molecule has 1 aliphatic carbocycles. The second-order valence-electron chi connectivity index (χ2n) is 3.68. The summed E-state index contributed by atoms with van der Waals surface area (Å²) in [6.45, 7) is 12.2. The summed E-state index contributed by atoms with van der Waals surface area (Å²) in [6.07, 6.45) is 6.61. The zero-order valence-corrected chi connectivity index (χ0v) is 11.2. The SMILES string of the molecule is C=C1CCCc2cccnc21.CC.CCC. The van der Waals surface area contributed by atoms with Crippen LogP contribution in [0.3, 0.4) is 0 Å². The number of nitrogens with zero attached hydrogens (tertiary/aromatic N) is 1. The summed E-state index contributed by atoms with van der Waals surface area (Å²) >= 11 is 0. The Balaban J connectivity index is 0.000000394. The minimum atomic E-state index is 1.12. The van der Waals surface area contributed by atoms with Crippen LogP contribution in [0, 0.1) is 0 Å². The fourth-order valence-corrected chi connectivity index (χ4v) is 1.57. The fourth-order valence-electron chi connectivity index (χ4n) is 1.57. The molecule has 16 heavy (non-hydrogen) atoms. The van der Waals surface area contributed by atoms with Crippen molar-refractivity contribution in [1.82, 2.24) is 4.98 Å². The van der Waals surface area contributed by atoms with Gasteiger partial charge in [-0.15, -0.1) is 0 Å².